The molecular formula is C5HF3N4. The minimum Gasteiger partial charge on any atom is -0.309 e. The van der Waals surface area contributed by atoms with Gasteiger partial charge in [-0.15, -0.1) is 0 Å². The van der Waals surface area contributed by atoms with E-state index >= 15 is 0 Å². The fourth-order valence-electron chi connectivity index (χ4n) is 0.810. The highest BCUT2D eigenvalue weighted by Crippen LogP contribution is 2.10. The van der Waals surface area contributed by atoms with Crippen LogP contribution in [0.3, 0.4) is 0 Å². The molecule has 0 aliphatic carbocycles. The van der Waals surface area contributed by atoms with Gasteiger partial charge in [0.2, 0.25) is 5.95 Å². The number of aromatic amines is 1. The Labute approximate surface area is 63.5 Å². The fraction of sp³-hybridized carbons (Fsp3) is 0. The molecule has 12 heavy (non-hydrogen) atoms. The van der Waals surface area contributed by atoms with Crippen molar-refractivity contribution >= 4 is 11.2 Å². The van der Waals surface area contributed by atoms with Gasteiger partial charge < -0.3 is 4.98 Å². The molecule has 0 aromatic carbocycles. The van der Waals surface area contributed by atoms with Gasteiger partial charge in [-0.05, 0) is 0 Å². The van der Waals surface area contributed by atoms with Crippen molar-refractivity contribution in [3.05, 3.63) is 18.1 Å². The van der Waals surface area contributed by atoms with E-state index in [0.717, 1.165) is 0 Å². The van der Waals surface area contributed by atoms with E-state index in [2.05, 4.69) is 15.0 Å². The van der Waals surface area contributed by atoms with Gasteiger partial charge in [0.15, 0.2) is 5.65 Å². The highest BCUT2D eigenvalue weighted by molar-refractivity contribution is 5.68. The van der Waals surface area contributed by atoms with E-state index < -0.39 is 18.1 Å². The summed E-state index contributed by atoms with van der Waals surface area (Å²) in [4.78, 5) is 10.8. The van der Waals surface area contributed by atoms with E-state index in [-0.39, 0.29) is 11.2 Å². The fourth-order valence-corrected chi connectivity index (χ4v) is 0.810. The summed E-state index contributed by atoms with van der Waals surface area (Å²) in [6.45, 7) is 0. The maximum Gasteiger partial charge on any atom is 0.313 e. The topological polar surface area (TPSA) is 54.5 Å². The van der Waals surface area contributed by atoms with Crippen molar-refractivity contribution in [2.45, 2.75) is 0 Å². The monoisotopic (exact) mass is 174 g/mol. The van der Waals surface area contributed by atoms with Gasteiger partial charge in [0.05, 0.1) is 0 Å². The van der Waals surface area contributed by atoms with Crippen molar-refractivity contribution in [3.8, 4) is 0 Å². The minimum absolute atomic E-state index is 0.339. The Hall–Kier alpha value is -1.66. The van der Waals surface area contributed by atoms with Gasteiger partial charge in [-0.25, -0.2) is 0 Å². The lowest BCUT2D eigenvalue weighted by atomic mass is 10.5. The lowest BCUT2D eigenvalue weighted by Crippen LogP contribution is -1.93. The average molecular weight is 174 g/mol. The van der Waals surface area contributed by atoms with Gasteiger partial charge in [0.25, 0.3) is 6.08 Å². The third kappa shape index (κ3) is 0.900. The van der Waals surface area contributed by atoms with E-state index in [9.17, 15) is 13.2 Å². The molecular weight excluding hydrogens is 173 g/mol. The molecule has 0 radical (unpaired) electrons. The summed E-state index contributed by atoms with van der Waals surface area (Å²) in [5.74, 6) is -1.16. The van der Waals surface area contributed by atoms with Crippen LogP contribution in [-0.2, 0) is 0 Å². The first kappa shape index (κ1) is 7.01. The van der Waals surface area contributed by atoms with Crippen LogP contribution < -0.4 is 0 Å². The summed E-state index contributed by atoms with van der Waals surface area (Å²) in [6.07, 6.45) is -2.30. The summed E-state index contributed by atoms with van der Waals surface area (Å²) >= 11 is 0. The van der Waals surface area contributed by atoms with E-state index in [0.29, 0.717) is 0 Å². The maximum absolute atomic E-state index is 12.6. The highest BCUT2D eigenvalue weighted by Gasteiger charge is 2.11. The first-order chi connectivity index (χ1) is 5.66. The van der Waals surface area contributed by atoms with E-state index in [1.165, 1.54) is 0 Å². The van der Waals surface area contributed by atoms with Crippen LogP contribution in [0.25, 0.3) is 11.2 Å². The van der Waals surface area contributed by atoms with Crippen molar-refractivity contribution in [3.63, 3.8) is 0 Å². The van der Waals surface area contributed by atoms with Crippen LogP contribution in [0.15, 0.2) is 0 Å². The molecule has 0 amide bonds. The molecule has 2 heterocycles. The number of fused-ring (bicyclic) bond motifs is 1. The number of halogens is 3. The molecule has 2 aromatic heterocycles. The van der Waals surface area contributed by atoms with Crippen LogP contribution >= 0.6 is 0 Å². The minimum atomic E-state index is -1.27. The van der Waals surface area contributed by atoms with E-state index in [1.807, 2.05) is 4.98 Å². The van der Waals surface area contributed by atoms with Crippen molar-refractivity contribution in [1.29, 1.82) is 0 Å². The molecule has 0 fully saturated rings. The van der Waals surface area contributed by atoms with Crippen molar-refractivity contribution < 1.29 is 13.2 Å². The van der Waals surface area contributed by atoms with Crippen LogP contribution in [0.5, 0.6) is 0 Å². The largest absolute Gasteiger partial charge is 0.313 e. The Morgan fingerprint density at radius 1 is 1.00 bits per heavy atom. The van der Waals surface area contributed by atoms with Crippen LogP contribution in [0.4, 0.5) is 13.2 Å². The first-order valence-corrected chi connectivity index (χ1v) is 2.91. The van der Waals surface area contributed by atoms with Crippen LogP contribution in [0.2, 0.25) is 0 Å². The number of nitrogens with one attached hydrogen (secondary N) is 1. The van der Waals surface area contributed by atoms with Crippen molar-refractivity contribution in [1.82, 2.24) is 19.9 Å². The number of imidazole rings is 1. The molecule has 0 saturated carbocycles. The molecule has 4 nitrogen and oxygen atoms in total. The smallest absolute Gasteiger partial charge is 0.309 e. The third-order valence-electron chi connectivity index (χ3n) is 1.25. The summed E-state index contributed by atoms with van der Waals surface area (Å²) < 4.78 is 37.2. The maximum atomic E-state index is 12.6. The first-order valence-electron chi connectivity index (χ1n) is 2.91. The molecule has 0 aliphatic rings. The quantitative estimate of drug-likeness (QED) is 0.364. The Morgan fingerprint density at radius 3 is 2.50 bits per heavy atom. The summed E-state index contributed by atoms with van der Waals surface area (Å²) in [6, 6.07) is 0. The number of H-pyrrole nitrogens is 1. The molecule has 0 spiro atoms. The lowest BCUT2D eigenvalue weighted by Gasteiger charge is -1.88. The van der Waals surface area contributed by atoms with E-state index in [1.54, 1.807) is 0 Å². The van der Waals surface area contributed by atoms with E-state index in [4.69, 9.17) is 0 Å². The number of nitrogens with zero attached hydrogens (tertiary/aromatic N) is 3. The molecule has 1 N–H and O–H groups in total. The molecule has 0 unspecified atom stereocenters. The van der Waals surface area contributed by atoms with Crippen LogP contribution in [0.1, 0.15) is 0 Å². The molecule has 0 aliphatic heterocycles. The summed E-state index contributed by atoms with van der Waals surface area (Å²) in [5, 5.41) is 0. The third-order valence-corrected chi connectivity index (χ3v) is 1.25. The standard InChI is InChI=1S/C5HF3N4/c6-2-1-3(11-4(7)9-1)12-5(8)10-2/h(H,9,10,11,12). The Kier molecular flexibility index (Phi) is 1.26. The zero-order valence-electron chi connectivity index (χ0n) is 5.48. The molecule has 2 aromatic rings. The Morgan fingerprint density at radius 2 is 1.75 bits per heavy atom. The molecule has 2 rings (SSSR count). The average Bonchev–Trinajstić information content (AvgIpc) is 2.29. The van der Waals surface area contributed by atoms with Crippen LogP contribution in [-0.4, -0.2) is 19.9 Å². The van der Waals surface area contributed by atoms with Gasteiger partial charge in [0.1, 0.15) is 5.52 Å². The Bertz CT molecular complexity index is 437. The number of hydrogen-bond acceptors (Lipinski definition) is 3. The molecule has 0 bridgehead atoms. The number of aromatic nitrogens is 4. The molecule has 0 atom stereocenters. The predicted octanol–water partition coefficient (Wildman–Crippen LogP) is 0.770. The molecule has 62 valence electrons. The predicted molar refractivity (Wildman–Crippen MR) is 31.6 cm³/mol. The SMILES string of the molecule is Fc1nc(F)c2[nH]c(F)nc2n1. The lowest BCUT2D eigenvalue weighted by molar-refractivity contribution is 0.492. The highest BCUT2D eigenvalue weighted by atomic mass is 19.1. The number of rotatable bonds is 0. The normalized spacial score (nSPS) is 10.9. The van der Waals surface area contributed by atoms with Crippen molar-refractivity contribution in [2.24, 2.45) is 0 Å². The van der Waals surface area contributed by atoms with Crippen LogP contribution in [0, 0.1) is 18.1 Å². The zero-order chi connectivity index (χ0) is 8.72. The van der Waals surface area contributed by atoms with Crippen molar-refractivity contribution in [2.75, 3.05) is 0 Å². The van der Waals surface area contributed by atoms with Gasteiger partial charge in [-0.3, -0.25) is 0 Å². The Balaban J connectivity index is 2.88. The molecule has 0 saturated heterocycles. The van der Waals surface area contributed by atoms with Gasteiger partial charge in [-0.1, -0.05) is 0 Å². The second kappa shape index (κ2) is 2.16. The van der Waals surface area contributed by atoms with Gasteiger partial charge in [-0.2, -0.15) is 28.1 Å². The van der Waals surface area contributed by atoms with Gasteiger partial charge >= 0.3 is 6.08 Å². The summed E-state index contributed by atoms with van der Waals surface area (Å²) in [5.41, 5.74) is -0.702. The zero-order valence-corrected chi connectivity index (χ0v) is 5.48. The number of hydrogen-bond donors (Lipinski definition) is 1. The second-order valence-electron chi connectivity index (χ2n) is 2.01. The summed E-state index contributed by atoms with van der Waals surface area (Å²) in [7, 11) is 0. The second-order valence-corrected chi connectivity index (χ2v) is 2.01. The van der Waals surface area contributed by atoms with Gasteiger partial charge in [0, 0.05) is 0 Å². The molecule has 7 heteroatoms.